The summed E-state index contributed by atoms with van der Waals surface area (Å²) in [6, 6.07) is 0. The van der Waals surface area contributed by atoms with Gasteiger partial charge in [0.1, 0.15) is 0 Å². The van der Waals surface area contributed by atoms with Crippen LogP contribution in [0.5, 0.6) is 0 Å². The van der Waals surface area contributed by atoms with E-state index >= 15 is 0 Å². The third kappa shape index (κ3) is 22.3. The van der Waals surface area contributed by atoms with E-state index in [1.54, 1.807) is 0 Å². The third-order valence-electron chi connectivity index (χ3n) is 8.63. The monoisotopic (exact) mass is 669 g/mol. The van der Waals surface area contributed by atoms with Crippen molar-refractivity contribution in [2.75, 3.05) is 0 Å². The Hall–Kier alpha value is -2.05. The number of aliphatic hydroxyl groups is 2. The van der Waals surface area contributed by atoms with Crippen LogP contribution in [0.4, 0.5) is 0 Å². The maximum atomic E-state index is 12.0. The molecule has 0 spiro atoms. The number of hydrogen-bond acceptors (Lipinski definition) is 4. The number of hydrogen-bond donors (Lipinski definition) is 2. The molecule has 0 saturated heterocycles. The van der Waals surface area contributed by atoms with Gasteiger partial charge in [-0.15, -0.1) is 0 Å². The Morgan fingerprint density at radius 3 is 1.26 bits per heavy atom. The van der Waals surface area contributed by atoms with Gasteiger partial charge in [-0.2, -0.15) is 0 Å². The zero-order valence-corrected chi connectivity index (χ0v) is 32.8. The van der Waals surface area contributed by atoms with Crippen molar-refractivity contribution < 1.29 is 19.0 Å². The fourth-order valence-electron chi connectivity index (χ4n) is 5.57. The summed E-state index contributed by atoms with van der Waals surface area (Å²) in [6.45, 7) is 24.8. The lowest BCUT2D eigenvalue weighted by atomic mass is 9.94. The molecule has 0 aromatic rings. The summed E-state index contributed by atoms with van der Waals surface area (Å²) in [5.74, 6) is 0.0958. The van der Waals surface area contributed by atoms with Crippen molar-refractivity contribution in [2.45, 2.75) is 158 Å². The predicted octanol–water partition coefficient (Wildman–Crippen LogP) is 11.3. The normalized spacial score (nSPS) is 17.9. The van der Waals surface area contributed by atoms with E-state index in [2.05, 4.69) is 91.8 Å². The van der Waals surface area contributed by atoms with Crippen LogP contribution >= 0.6 is 0 Å². The van der Waals surface area contributed by atoms with Gasteiger partial charge in [0.15, 0.2) is 0 Å². The molecule has 0 fully saturated rings. The summed E-state index contributed by atoms with van der Waals surface area (Å²) in [5, 5.41) is 21.1. The first-order valence-electron chi connectivity index (χ1n) is 17.7. The molecule has 2 N–H and O–H groups in total. The first-order valence-corrected chi connectivity index (χ1v) is 18.8. The van der Waals surface area contributed by atoms with Gasteiger partial charge in [-0.05, 0) is 149 Å². The second-order valence-corrected chi connectivity index (χ2v) is 15.5. The molecule has 0 aromatic heterocycles. The molecule has 0 aliphatic heterocycles. The molecular weight excluding hydrogens is 601 g/mol. The minimum atomic E-state index is -2.20. The zero-order chi connectivity index (χ0) is 36.1. The molecule has 0 heterocycles. The van der Waals surface area contributed by atoms with E-state index in [1.807, 2.05) is 39.8 Å². The fourth-order valence-corrected chi connectivity index (χ4v) is 6.17. The van der Waals surface area contributed by atoms with Gasteiger partial charge in [-0.3, -0.25) is 4.21 Å². The van der Waals surface area contributed by atoms with Gasteiger partial charge in [-0.25, -0.2) is 0 Å². The maximum Gasteiger partial charge on any atom is 0.0807 e. The lowest BCUT2D eigenvalue weighted by molar-refractivity contribution is 0.172. The number of allylic oxidation sites excluding steroid dienone is 11. The highest BCUT2D eigenvalue weighted by Gasteiger charge is 2.15. The maximum absolute atomic E-state index is 12.0. The average molecular weight is 670 g/mol. The molecule has 0 radical (unpaired) electrons. The van der Waals surface area contributed by atoms with Crippen molar-refractivity contribution in [1.29, 1.82) is 0 Å². The van der Waals surface area contributed by atoms with E-state index in [4.69, 9.17) is 0 Å². The highest BCUT2D eigenvalue weighted by atomic mass is 32.2. The average Bonchev–Trinajstić information content (AvgIpc) is 2.97. The van der Waals surface area contributed by atoms with Crippen LogP contribution in [-0.2, 0) is 11.1 Å². The Bertz CT molecular complexity index is 1200. The first-order chi connectivity index (χ1) is 21.9. The van der Waals surface area contributed by atoms with Gasteiger partial charge in [0.2, 0.25) is 0 Å². The summed E-state index contributed by atoms with van der Waals surface area (Å²) in [5.41, 5.74) is 9.37. The van der Waals surface area contributed by atoms with Crippen LogP contribution in [0.3, 0.4) is 0 Å². The Labute approximate surface area is 292 Å². The molecule has 0 saturated carbocycles. The molecule has 0 aliphatic rings. The van der Waals surface area contributed by atoms with Gasteiger partial charge in [0.05, 0.1) is 12.2 Å². The minimum absolute atomic E-state index is 0.0407. The summed E-state index contributed by atoms with van der Waals surface area (Å²) >= 11 is -2.20. The SMILES string of the molecule is CC(C)=CCC/C(C)=C/C(C)C(O)/C(C)=C/CC/C(C)=C/CC(/C=C(\C)CC/C=C(\C)C(O)C(C)/C=C(\C)CCC=C(C)C)S(=O)[O-]. The largest absolute Gasteiger partial charge is 0.772 e. The second-order valence-electron chi connectivity index (χ2n) is 14.3. The van der Waals surface area contributed by atoms with Gasteiger partial charge in [0, 0.05) is 17.1 Å². The Morgan fingerprint density at radius 1 is 0.553 bits per heavy atom. The van der Waals surface area contributed by atoms with Crippen LogP contribution in [0.25, 0.3) is 0 Å². The van der Waals surface area contributed by atoms with Crippen LogP contribution in [0.2, 0.25) is 0 Å². The molecule has 0 amide bonds. The van der Waals surface area contributed by atoms with Crippen LogP contribution in [0.1, 0.15) is 141 Å². The molecular formula is C42H69O4S-. The quantitative estimate of drug-likeness (QED) is 0.0888. The summed E-state index contributed by atoms with van der Waals surface area (Å²) in [7, 11) is 0. The van der Waals surface area contributed by atoms with Crippen molar-refractivity contribution >= 4 is 11.1 Å². The Balaban J connectivity index is 5.00. The van der Waals surface area contributed by atoms with Crippen LogP contribution in [0, 0.1) is 11.8 Å². The van der Waals surface area contributed by atoms with Crippen molar-refractivity contribution in [3.05, 3.63) is 93.2 Å². The third-order valence-corrected chi connectivity index (χ3v) is 9.46. The summed E-state index contributed by atoms with van der Waals surface area (Å²) < 4.78 is 24.0. The molecule has 47 heavy (non-hydrogen) atoms. The summed E-state index contributed by atoms with van der Waals surface area (Å²) in [6.07, 6.45) is 23.5. The molecule has 0 aromatic carbocycles. The van der Waals surface area contributed by atoms with E-state index < -0.39 is 28.5 Å². The highest BCUT2D eigenvalue weighted by molar-refractivity contribution is 7.80. The fraction of sp³-hybridized carbons (Fsp3) is 0.619. The zero-order valence-electron chi connectivity index (χ0n) is 32.0. The van der Waals surface area contributed by atoms with Crippen LogP contribution < -0.4 is 0 Å². The molecule has 268 valence electrons. The van der Waals surface area contributed by atoms with Gasteiger partial charge in [0.25, 0.3) is 0 Å². The van der Waals surface area contributed by atoms with Crippen molar-refractivity contribution in [1.82, 2.24) is 0 Å². The molecule has 4 nitrogen and oxygen atoms in total. The molecule has 5 heteroatoms. The Morgan fingerprint density at radius 2 is 0.894 bits per heavy atom. The van der Waals surface area contributed by atoms with Gasteiger partial charge >= 0.3 is 0 Å². The highest BCUT2D eigenvalue weighted by Crippen LogP contribution is 2.21. The van der Waals surface area contributed by atoms with E-state index in [9.17, 15) is 19.0 Å². The first kappa shape index (κ1) is 45.0. The molecule has 6 atom stereocenters. The molecule has 6 unspecified atom stereocenters. The van der Waals surface area contributed by atoms with E-state index in [0.717, 1.165) is 73.7 Å². The lowest BCUT2D eigenvalue weighted by Gasteiger charge is -2.18. The van der Waals surface area contributed by atoms with Crippen molar-refractivity contribution in [3.8, 4) is 0 Å². The summed E-state index contributed by atoms with van der Waals surface area (Å²) in [4.78, 5) is 0. The Kier molecular flexibility index (Phi) is 23.9. The topological polar surface area (TPSA) is 80.6 Å². The standard InChI is InChI=1S/C42H70O4S/c1-30(2)17-13-20-33(6)27-38(11)41(43)36(9)23-15-19-32(5)25-26-40(47(45)46)29-35(8)22-16-24-37(10)42(44)39(12)28-34(7)21-14-18-31(3)4/h17-18,23-25,27-29,38-44H,13-16,19-22,26H2,1-12H3,(H,45,46)/p-1/b32-25+,33-27+,34-28+,35-29+,36-23+,37-24+. The molecule has 0 rings (SSSR count). The minimum Gasteiger partial charge on any atom is -0.772 e. The van der Waals surface area contributed by atoms with Gasteiger partial charge < -0.3 is 14.8 Å². The number of aliphatic hydroxyl groups excluding tert-OH is 2. The van der Waals surface area contributed by atoms with Crippen molar-refractivity contribution in [3.63, 3.8) is 0 Å². The van der Waals surface area contributed by atoms with E-state index in [-0.39, 0.29) is 11.8 Å². The smallest absolute Gasteiger partial charge is 0.0807 e. The number of rotatable bonds is 22. The lowest BCUT2D eigenvalue weighted by Crippen LogP contribution is -2.17. The van der Waals surface area contributed by atoms with Gasteiger partial charge in [-0.1, -0.05) is 95.9 Å². The predicted molar refractivity (Wildman–Crippen MR) is 206 cm³/mol. The van der Waals surface area contributed by atoms with E-state index in [0.29, 0.717) is 6.42 Å². The van der Waals surface area contributed by atoms with E-state index in [1.165, 1.54) is 22.3 Å². The molecule has 0 aliphatic carbocycles. The second kappa shape index (κ2) is 25.0. The van der Waals surface area contributed by atoms with Crippen molar-refractivity contribution in [2.24, 2.45) is 11.8 Å². The molecule has 0 bridgehead atoms. The van der Waals surface area contributed by atoms with Crippen LogP contribution in [0.15, 0.2) is 93.2 Å². The van der Waals surface area contributed by atoms with Crippen LogP contribution in [-0.4, -0.2) is 36.4 Å².